The fraction of sp³-hybridized carbons (Fsp3) is 0.111. The van der Waals surface area contributed by atoms with Crippen LogP contribution in [-0.2, 0) is 4.74 Å². The molecule has 0 aliphatic heterocycles. The van der Waals surface area contributed by atoms with Crippen LogP contribution in [0.15, 0.2) is 36.5 Å². The molecule has 0 amide bonds. The summed E-state index contributed by atoms with van der Waals surface area (Å²) in [5.41, 5.74) is 15.2. The first-order chi connectivity index (χ1) is 12.4. The van der Waals surface area contributed by atoms with E-state index in [0.29, 0.717) is 22.8 Å². The number of rotatable bonds is 3. The number of aromatic nitrogens is 3. The number of anilines is 2. The molecule has 0 unspecified atom stereocenters. The van der Waals surface area contributed by atoms with Crippen LogP contribution in [0, 0.1) is 6.92 Å². The second-order valence-electron chi connectivity index (χ2n) is 5.55. The van der Waals surface area contributed by atoms with Crippen molar-refractivity contribution in [1.29, 1.82) is 0 Å². The summed E-state index contributed by atoms with van der Waals surface area (Å²) < 4.78 is 4.78. The predicted molar refractivity (Wildman–Crippen MR) is 101 cm³/mol. The lowest BCUT2D eigenvalue weighted by Gasteiger charge is -2.14. The second-order valence-corrected chi connectivity index (χ2v) is 5.96. The number of aryl methyl sites for hydroxylation is 1. The molecule has 1 aromatic carbocycles. The Bertz CT molecular complexity index is 990. The maximum atomic E-state index is 12.0. The van der Waals surface area contributed by atoms with E-state index in [2.05, 4.69) is 15.0 Å². The molecule has 3 rings (SSSR count). The molecular weight excluding hydrogens is 354 g/mol. The van der Waals surface area contributed by atoms with Crippen molar-refractivity contribution in [3.8, 4) is 22.4 Å². The van der Waals surface area contributed by atoms with Crippen LogP contribution >= 0.6 is 11.6 Å². The van der Waals surface area contributed by atoms with E-state index < -0.39 is 5.97 Å². The van der Waals surface area contributed by atoms with Crippen molar-refractivity contribution in [2.75, 3.05) is 18.6 Å². The average Bonchev–Trinajstić information content (AvgIpc) is 2.62. The first-order valence-electron chi connectivity index (χ1n) is 7.65. The van der Waals surface area contributed by atoms with Gasteiger partial charge in [-0.3, -0.25) is 0 Å². The Balaban J connectivity index is 2.25. The van der Waals surface area contributed by atoms with Gasteiger partial charge in [-0.15, -0.1) is 0 Å². The van der Waals surface area contributed by atoms with Gasteiger partial charge < -0.3 is 16.2 Å². The van der Waals surface area contributed by atoms with Gasteiger partial charge in [0.05, 0.1) is 29.1 Å². The second kappa shape index (κ2) is 6.97. The van der Waals surface area contributed by atoms with Crippen LogP contribution < -0.4 is 11.5 Å². The van der Waals surface area contributed by atoms with Crippen molar-refractivity contribution in [3.05, 3.63) is 52.8 Å². The molecule has 132 valence electrons. The first-order valence-corrected chi connectivity index (χ1v) is 8.02. The third-order valence-corrected chi connectivity index (χ3v) is 4.16. The van der Waals surface area contributed by atoms with Gasteiger partial charge in [0.1, 0.15) is 5.82 Å². The molecule has 2 aromatic heterocycles. The summed E-state index contributed by atoms with van der Waals surface area (Å²) in [5, 5.41) is 0.287. The van der Waals surface area contributed by atoms with Crippen LogP contribution in [0.3, 0.4) is 0 Å². The predicted octanol–water partition coefficient (Wildman–Crippen LogP) is 3.12. The number of hydrogen-bond donors (Lipinski definition) is 2. The van der Waals surface area contributed by atoms with Crippen LogP contribution in [0.4, 0.5) is 11.8 Å². The number of esters is 1. The number of nitrogens with zero attached hydrogens (tertiary/aromatic N) is 3. The highest BCUT2D eigenvalue weighted by Gasteiger charge is 2.18. The molecule has 8 heteroatoms. The summed E-state index contributed by atoms with van der Waals surface area (Å²) in [6.45, 7) is 1.82. The number of nitrogen functional groups attached to an aromatic ring is 2. The zero-order valence-corrected chi connectivity index (χ0v) is 14.9. The van der Waals surface area contributed by atoms with Gasteiger partial charge in [-0.2, -0.15) is 0 Å². The van der Waals surface area contributed by atoms with Crippen LogP contribution in [0.1, 0.15) is 16.1 Å². The van der Waals surface area contributed by atoms with E-state index >= 15 is 0 Å². The Morgan fingerprint density at radius 1 is 1.12 bits per heavy atom. The SMILES string of the molecule is COC(=O)c1cc(-c2nc(N)nc(C)c2-c2ccc(N)nc2)ccc1Cl. The molecule has 0 radical (unpaired) electrons. The molecule has 0 bridgehead atoms. The van der Waals surface area contributed by atoms with Gasteiger partial charge in [0, 0.05) is 22.9 Å². The maximum Gasteiger partial charge on any atom is 0.339 e. The Labute approximate surface area is 155 Å². The molecule has 0 aliphatic carbocycles. The molecule has 0 saturated carbocycles. The fourth-order valence-electron chi connectivity index (χ4n) is 2.64. The van der Waals surface area contributed by atoms with Gasteiger partial charge in [0.25, 0.3) is 0 Å². The highest BCUT2D eigenvalue weighted by molar-refractivity contribution is 6.33. The molecule has 0 atom stereocenters. The third-order valence-electron chi connectivity index (χ3n) is 3.83. The number of nitrogens with two attached hydrogens (primary N) is 2. The first kappa shape index (κ1) is 17.6. The van der Waals surface area contributed by atoms with E-state index in [0.717, 1.165) is 11.1 Å². The lowest BCUT2D eigenvalue weighted by molar-refractivity contribution is 0.0601. The molecular formula is C18H16ClN5O2. The van der Waals surface area contributed by atoms with E-state index in [4.69, 9.17) is 27.8 Å². The van der Waals surface area contributed by atoms with Crippen molar-refractivity contribution in [3.63, 3.8) is 0 Å². The molecule has 4 N–H and O–H groups in total. The highest BCUT2D eigenvalue weighted by atomic mass is 35.5. The monoisotopic (exact) mass is 369 g/mol. The lowest BCUT2D eigenvalue weighted by atomic mass is 9.98. The summed E-state index contributed by atoms with van der Waals surface area (Å²) in [6.07, 6.45) is 1.64. The smallest absolute Gasteiger partial charge is 0.339 e. The molecule has 7 nitrogen and oxygen atoms in total. The summed E-state index contributed by atoms with van der Waals surface area (Å²) >= 11 is 6.11. The minimum absolute atomic E-state index is 0.124. The standard InChI is InChI=1S/C18H16ClN5O2/c1-9-15(11-4-6-14(20)22-8-11)16(24-18(21)23-9)10-3-5-13(19)12(7-10)17(25)26-2/h3-8H,1-2H3,(H2,20,22)(H2,21,23,24). The van der Waals surface area contributed by atoms with Crippen LogP contribution in [0.25, 0.3) is 22.4 Å². The zero-order chi connectivity index (χ0) is 18.8. The number of benzene rings is 1. The third kappa shape index (κ3) is 3.29. The molecule has 0 spiro atoms. The van der Waals surface area contributed by atoms with Gasteiger partial charge >= 0.3 is 5.97 Å². The normalized spacial score (nSPS) is 10.6. The molecule has 0 fully saturated rings. The summed E-state index contributed by atoms with van der Waals surface area (Å²) in [5.74, 6) is -0.00527. The summed E-state index contributed by atoms with van der Waals surface area (Å²) in [4.78, 5) is 24.7. The number of methoxy groups -OCH3 is 1. The van der Waals surface area contributed by atoms with E-state index in [1.807, 2.05) is 13.0 Å². The fourth-order valence-corrected chi connectivity index (χ4v) is 2.84. The van der Waals surface area contributed by atoms with E-state index in [1.165, 1.54) is 7.11 Å². The van der Waals surface area contributed by atoms with Crippen LogP contribution in [0.5, 0.6) is 0 Å². The topological polar surface area (TPSA) is 117 Å². The number of ether oxygens (including phenoxy) is 1. The molecule has 3 aromatic rings. The Hall–Kier alpha value is -3.19. The lowest BCUT2D eigenvalue weighted by Crippen LogP contribution is -2.05. The largest absolute Gasteiger partial charge is 0.465 e. The highest BCUT2D eigenvalue weighted by Crippen LogP contribution is 2.34. The Morgan fingerprint density at radius 2 is 1.85 bits per heavy atom. The van der Waals surface area contributed by atoms with Crippen molar-refractivity contribution in [1.82, 2.24) is 15.0 Å². The zero-order valence-electron chi connectivity index (χ0n) is 14.2. The molecule has 2 heterocycles. The number of carbonyl (C=O) groups excluding carboxylic acids is 1. The number of hydrogen-bond acceptors (Lipinski definition) is 7. The molecule has 0 saturated heterocycles. The Morgan fingerprint density at radius 3 is 2.50 bits per heavy atom. The van der Waals surface area contributed by atoms with Crippen LogP contribution in [-0.4, -0.2) is 28.0 Å². The molecule has 0 aliphatic rings. The minimum Gasteiger partial charge on any atom is -0.465 e. The number of pyridine rings is 1. The average molecular weight is 370 g/mol. The number of carbonyl (C=O) groups is 1. The van der Waals surface area contributed by atoms with Gasteiger partial charge in [0.15, 0.2) is 0 Å². The van der Waals surface area contributed by atoms with Crippen molar-refractivity contribution >= 4 is 29.3 Å². The molecule has 26 heavy (non-hydrogen) atoms. The van der Waals surface area contributed by atoms with Gasteiger partial charge in [-0.25, -0.2) is 19.7 Å². The van der Waals surface area contributed by atoms with E-state index in [-0.39, 0.29) is 16.5 Å². The van der Waals surface area contributed by atoms with Crippen molar-refractivity contribution < 1.29 is 9.53 Å². The van der Waals surface area contributed by atoms with Gasteiger partial charge in [0.2, 0.25) is 5.95 Å². The van der Waals surface area contributed by atoms with Crippen molar-refractivity contribution in [2.24, 2.45) is 0 Å². The summed E-state index contributed by atoms with van der Waals surface area (Å²) in [7, 11) is 1.30. The maximum absolute atomic E-state index is 12.0. The minimum atomic E-state index is -0.536. The van der Waals surface area contributed by atoms with E-state index in [9.17, 15) is 4.79 Å². The quantitative estimate of drug-likeness (QED) is 0.681. The van der Waals surface area contributed by atoms with Gasteiger partial charge in [-0.05, 0) is 31.2 Å². The van der Waals surface area contributed by atoms with Gasteiger partial charge in [-0.1, -0.05) is 17.7 Å². The van der Waals surface area contributed by atoms with E-state index in [1.54, 1.807) is 30.5 Å². The Kier molecular flexibility index (Phi) is 4.73. The van der Waals surface area contributed by atoms with Crippen molar-refractivity contribution in [2.45, 2.75) is 6.92 Å². The number of halogens is 1. The van der Waals surface area contributed by atoms with Crippen LogP contribution in [0.2, 0.25) is 5.02 Å². The summed E-state index contributed by atoms with van der Waals surface area (Å²) in [6, 6.07) is 8.50.